The number of hydrogen-bond acceptors (Lipinski definition) is 4. The van der Waals surface area contributed by atoms with Crippen molar-refractivity contribution >= 4 is 17.5 Å². The van der Waals surface area contributed by atoms with Crippen molar-refractivity contribution in [2.75, 3.05) is 18.5 Å². The SMILES string of the molecule is CCC(C)NC(=O)c1ccccc1NC(=O)c1ccccc1OCCOc1ccccc1. The second kappa shape index (κ2) is 11.6. The summed E-state index contributed by atoms with van der Waals surface area (Å²) in [6.07, 6.45) is 0.818. The smallest absolute Gasteiger partial charge is 0.259 e. The monoisotopic (exact) mass is 432 g/mol. The zero-order valence-corrected chi connectivity index (χ0v) is 18.3. The summed E-state index contributed by atoms with van der Waals surface area (Å²) < 4.78 is 11.4. The molecule has 0 fully saturated rings. The van der Waals surface area contributed by atoms with Gasteiger partial charge in [0.2, 0.25) is 0 Å². The maximum atomic E-state index is 13.0. The van der Waals surface area contributed by atoms with Crippen LogP contribution in [0.5, 0.6) is 11.5 Å². The lowest BCUT2D eigenvalue weighted by atomic mass is 10.1. The highest BCUT2D eigenvalue weighted by Gasteiger charge is 2.17. The van der Waals surface area contributed by atoms with E-state index in [1.165, 1.54) is 0 Å². The molecule has 3 aromatic rings. The Morgan fingerprint density at radius 3 is 2.16 bits per heavy atom. The largest absolute Gasteiger partial charge is 0.490 e. The Morgan fingerprint density at radius 1 is 0.781 bits per heavy atom. The van der Waals surface area contributed by atoms with Crippen LogP contribution in [-0.4, -0.2) is 31.1 Å². The Kier molecular flexibility index (Phi) is 8.26. The molecule has 6 heteroatoms. The van der Waals surface area contributed by atoms with Gasteiger partial charge < -0.3 is 20.1 Å². The van der Waals surface area contributed by atoms with Gasteiger partial charge in [-0.25, -0.2) is 0 Å². The van der Waals surface area contributed by atoms with Crippen molar-refractivity contribution in [2.24, 2.45) is 0 Å². The molecule has 166 valence electrons. The van der Waals surface area contributed by atoms with Crippen molar-refractivity contribution in [1.29, 1.82) is 0 Å². The number of anilines is 1. The van der Waals surface area contributed by atoms with E-state index in [1.807, 2.05) is 44.2 Å². The fourth-order valence-electron chi connectivity index (χ4n) is 2.99. The van der Waals surface area contributed by atoms with Gasteiger partial charge in [0.1, 0.15) is 24.7 Å². The Bertz CT molecular complexity index is 1040. The first kappa shape index (κ1) is 22.9. The van der Waals surface area contributed by atoms with E-state index in [-0.39, 0.29) is 24.5 Å². The van der Waals surface area contributed by atoms with Crippen LogP contribution >= 0.6 is 0 Å². The molecule has 32 heavy (non-hydrogen) atoms. The highest BCUT2D eigenvalue weighted by Crippen LogP contribution is 2.22. The topological polar surface area (TPSA) is 76.7 Å². The molecule has 3 aromatic carbocycles. The van der Waals surface area contributed by atoms with E-state index in [0.29, 0.717) is 29.2 Å². The van der Waals surface area contributed by atoms with E-state index in [4.69, 9.17) is 9.47 Å². The van der Waals surface area contributed by atoms with Crippen LogP contribution in [0.1, 0.15) is 41.0 Å². The number of carbonyl (C=O) groups is 2. The number of para-hydroxylation sites is 3. The average molecular weight is 433 g/mol. The van der Waals surface area contributed by atoms with Gasteiger partial charge in [-0.05, 0) is 49.7 Å². The van der Waals surface area contributed by atoms with Gasteiger partial charge in [-0.2, -0.15) is 0 Å². The van der Waals surface area contributed by atoms with E-state index in [2.05, 4.69) is 10.6 Å². The van der Waals surface area contributed by atoms with Crippen LogP contribution in [0, 0.1) is 0 Å². The molecule has 0 bridgehead atoms. The van der Waals surface area contributed by atoms with Crippen molar-refractivity contribution < 1.29 is 19.1 Å². The van der Waals surface area contributed by atoms with Crippen molar-refractivity contribution in [3.8, 4) is 11.5 Å². The predicted octanol–water partition coefficient (Wildman–Crippen LogP) is 4.93. The number of amides is 2. The Morgan fingerprint density at radius 2 is 1.41 bits per heavy atom. The van der Waals surface area contributed by atoms with E-state index in [1.54, 1.807) is 48.5 Å². The third-order valence-corrected chi connectivity index (χ3v) is 4.89. The molecule has 2 N–H and O–H groups in total. The van der Waals surface area contributed by atoms with Gasteiger partial charge in [0, 0.05) is 6.04 Å². The third kappa shape index (κ3) is 6.35. The molecule has 0 aliphatic rings. The molecular weight excluding hydrogens is 404 g/mol. The van der Waals surface area contributed by atoms with Gasteiger partial charge in [-0.3, -0.25) is 9.59 Å². The highest BCUT2D eigenvalue weighted by molar-refractivity contribution is 6.10. The van der Waals surface area contributed by atoms with Crippen LogP contribution < -0.4 is 20.1 Å². The van der Waals surface area contributed by atoms with E-state index in [0.717, 1.165) is 12.2 Å². The molecule has 0 saturated carbocycles. The first-order valence-corrected chi connectivity index (χ1v) is 10.7. The van der Waals surface area contributed by atoms with Crippen LogP contribution in [0.15, 0.2) is 78.9 Å². The number of ether oxygens (including phenoxy) is 2. The van der Waals surface area contributed by atoms with Gasteiger partial charge in [0.15, 0.2) is 0 Å². The van der Waals surface area contributed by atoms with Gasteiger partial charge in [-0.1, -0.05) is 49.4 Å². The van der Waals surface area contributed by atoms with Crippen molar-refractivity contribution in [3.05, 3.63) is 90.0 Å². The second-order valence-corrected chi connectivity index (χ2v) is 7.29. The molecule has 1 atom stereocenters. The number of hydrogen-bond donors (Lipinski definition) is 2. The third-order valence-electron chi connectivity index (χ3n) is 4.89. The fourth-order valence-corrected chi connectivity index (χ4v) is 2.99. The average Bonchev–Trinajstić information content (AvgIpc) is 2.83. The minimum absolute atomic E-state index is 0.0403. The van der Waals surface area contributed by atoms with E-state index < -0.39 is 0 Å². The molecule has 0 spiro atoms. The van der Waals surface area contributed by atoms with Crippen LogP contribution in [0.2, 0.25) is 0 Å². The minimum Gasteiger partial charge on any atom is -0.490 e. The lowest BCUT2D eigenvalue weighted by molar-refractivity contribution is 0.0940. The van der Waals surface area contributed by atoms with Crippen LogP contribution in [-0.2, 0) is 0 Å². The van der Waals surface area contributed by atoms with Gasteiger partial charge in [0.25, 0.3) is 11.8 Å². The lowest BCUT2D eigenvalue weighted by Crippen LogP contribution is -2.32. The summed E-state index contributed by atoms with van der Waals surface area (Å²) >= 11 is 0. The van der Waals surface area contributed by atoms with E-state index >= 15 is 0 Å². The van der Waals surface area contributed by atoms with Crippen LogP contribution in [0.4, 0.5) is 5.69 Å². The number of nitrogens with one attached hydrogen (secondary N) is 2. The summed E-state index contributed by atoms with van der Waals surface area (Å²) in [5.41, 5.74) is 1.24. The van der Waals surface area contributed by atoms with Crippen molar-refractivity contribution in [1.82, 2.24) is 5.32 Å². The maximum Gasteiger partial charge on any atom is 0.259 e. The summed E-state index contributed by atoms with van der Waals surface area (Å²) in [6, 6.07) is 23.4. The molecule has 0 aliphatic heterocycles. The fraction of sp³-hybridized carbons (Fsp3) is 0.231. The Balaban J connectivity index is 1.65. The molecule has 0 aliphatic carbocycles. The van der Waals surface area contributed by atoms with Gasteiger partial charge in [0.05, 0.1) is 16.8 Å². The summed E-state index contributed by atoms with van der Waals surface area (Å²) in [5.74, 6) is 0.629. The zero-order valence-electron chi connectivity index (χ0n) is 18.3. The quantitative estimate of drug-likeness (QED) is 0.446. The first-order valence-electron chi connectivity index (χ1n) is 10.7. The maximum absolute atomic E-state index is 13.0. The molecular formula is C26H28N2O4. The van der Waals surface area contributed by atoms with Crippen LogP contribution in [0.3, 0.4) is 0 Å². The molecule has 0 radical (unpaired) electrons. The molecule has 2 amide bonds. The summed E-state index contributed by atoms with van der Waals surface area (Å²) in [6.45, 7) is 4.57. The Labute approximate surface area is 188 Å². The molecule has 0 aromatic heterocycles. The number of carbonyl (C=O) groups excluding carboxylic acids is 2. The van der Waals surface area contributed by atoms with E-state index in [9.17, 15) is 9.59 Å². The second-order valence-electron chi connectivity index (χ2n) is 7.29. The van der Waals surface area contributed by atoms with Gasteiger partial charge >= 0.3 is 0 Å². The molecule has 0 heterocycles. The molecule has 1 unspecified atom stereocenters. The summed E-state index contributed by atoms with van der Waals surface area (Å²) in [4.78, 5) is 25.6. The lowest BCUT2D eigenvalue weighted by Gasteiger charge is -2.16. The zero-order chi connectivity index (χ0) is 22.8. The van der Waals surface area contributed by atoms with Crippen molar-refractivity contribution in [2.45, 2.75) is 26.3 Å². The van der Waals surface area contributed by atoms with Crippen molar-refractivity contribution in [3.63, 3.8) is 0 Å². The van der Waals surface area contributed by atoms with Gasteiger partial charge in [-0.15, -0.1) is 0 Å². The van der Waals surface area contributed by atoms with Crippen LogP contribution in [0.25, 0.3) is 0 Å². The minimum atomic E-state index is -0.353. The first-order chi connectivity index (χ1) is 15.6. The standard InChI is InChI=1S/C26H28N2O4/c1-3-19(2)27-25(29)21-13-7-9-15-23(21)28-26(30)22-14-8-10-16-24(22)32-18-17-31-20-11-5-4-6-12-20/h4-16,19H,3,17-18H2,1-2H3,(H,27,29)(H,28,30). The highest BCUT2D eigenvalue weighted by atomic mass is 16.5. The summed E-state index contributed by atoms with van der Waals surface area (Å²) in [7, 11) is 0. The number of benzene rings is 3. The predicted molar refractivity (Wildman–Crippen MR) is 125 cm³/mol. The summed E-state index contributed by atoms with van der Waals surface area (Å²) in [5, 5.41) is 5.77. The normalized spacial score (nSPS) is 11.3. The molecule has 3 rings (SSSR count). The number of rotatable bonds is 10. The Hall–Kier alpha value is -3.80. The molecule has 6 nitrogen and oxygen atoms in total. The molecule has 0 saturated heterocycles.